The highest BCUT2D eigenvalue weighted by molar-refractivity contribution is 5.94. The molecule has 0 bridgehead atoms. The Morgan fingerprint density at radius 3 is 2.66 bits per heavy atom. The van der Waals surface area contributed by atoms with Crippen molar-refractivity contribution in [2.75, 3.05) is 24.4 Å². The summed E-state index contributed by atoms with van der Waals surface area (Å²) in [6.07, 6.45) is 0.686. The van der Waals surface area contributed by atoms with Gasteiger partial charge in [0.15, 0.2) is 11.5 Å². The van der Waals surface area contributed by atoms with Crippen LogP contribution in [0, 0.1) is 18.3 Å². The summed E-state index contributed by atoms with van der Waals surface area (Å²) >= 11 is 0. The minimum Gasteiger partial charge on any atom is -0.478 e. The molecule has 1 heterocycles. The fraction of sp³-hybridized carbons (Fsp3) is 0.267. The van der Waals surface area contributed by atoms with Gasteiger partial charge in [0.25, 0.3) is 0 Å². The molecule has 0 saturated carbocycles. The van der Waals surface area contributed by atoms with Crippen LogP contribution in [0.3, 0.4) is 0 Å². The van der Waals surface area contributed by atoms with Gasteiger partial charge in [-0.2, -0.15) is 5.26 Å². The predicted molar refractivity (Wildman–Crippen MR) is 147 cm³/mol. The van der Waals surface area contributed by atoms with Crippen molar-refractivity contribution in [3.8, 4) is 6.07 Å². The Labute approximate surface area is 221 Å². The number of nitriles is 1. The lowest BCUT2D eigenvalue weighted by Crippen LogP contribution is -2.33. The lowest BCUT2D eigenvalue weighted by atomic mass is 10.0. The highest BCUT2D eigenvalue weighted by Gasteiger charge is 2.37. The smallest absolute Gasteiger partial charge is 0.337 e. The number of carboxylic acids is 1. The van der Waals surface area contributed by atoms with Crippen molar-refractivity contribution in [3.05, 3.63) is 94.2 Å². The van der Waals surface area contributed by atoms with E-state index in [0.29, 0.717) is 22.5 Å². The number of aromatic nitrogens is 2. The van der Waals surface area contributed by atoms with Crippen LogP contribution in [0.5, 0.6) is 0 Å². The van der Waals surface area contributed by atoms with E-state index in [4.69, 9.17) is 14.7 Å². The van der Waals surface area contributed by atoms with Crippen LogP contribution in [-0.2, 0) is 11.2 Å². The molecule has 0 spiro atoms. The van der Waals surface area contributed by atoms with Gasteiger partial charge < -0.3 is 20.1 Å². The molecular formula is C30H29N5O3. The van der Waals surface area contributed by atoms with Crippen LogP contribution >= 0.6 is 0 Å². The summed E-state index contributed by atoms with van der Waals surface area (Å²) < 4.78 is 5.85. The van der Waals surface area contributed by atoms with Crippen molar-refractivity contribution in [3.63, 3.8) is 0 Å². The third-order valence-electron chi connectivity index (χ3n) is 7.23. The number of aromatic carboxylic acids is 1. The molecular weight excluding hydrogens is 478 g/mol. The first-order valence-corrected chi connectivity index (χ1v) is 12.5. The van der Waals surface area contributed by atoms with Gasteiger partial charge in [0, 0.05) is 31.8 Å². The van der Waals surface area contributed by atoms with Crippen molar-refractivity contribution >= 4 is 28.5 Å². The minimum absolute atomic E-state index is 0.0907. The summed E-state index contributed by atoms with van der Waals surface area (Å²) in [6, 6.07) is 20.8. The first kappa shape index (κ1) is 25.2. The normalized spacial score (nSPS) is 17.0. The largest absolute Gasteiger partial charge is 0.478 e. The van der Waals surface area contributed by atoms with Crippen molar-refractivity contribution < 1.29 is 14.6 Å². The third kappa shape index (κ3) is 4.42. The number of anilines is 2. The van der Waals surface area contributed by atoms with Crippen LogP contribution < -0.4 is 10.2 Å². The van der Waals surface area contributed by atoms with Gasteiger partial charge in [0.1, 0.15) is 6.07 Å². The number of hydrogen-bond donors (Lipinski definition) is 2. The fourth-order valence-corrected chi connectivity index (χ4v) is 5.42. The predicted octanol–water partition coefficient (Wildman–Crippen LogP) is 5.43. The Bertz CT molecular complexity index is 1580. The van der Waals surface area contributed by atoms with E-state index in [1.807, 2.05) is 50.1 Å². The minimum atomic E-state index is -0.999. The van der Waals surface area contributed by atoms with E-state index in [2.05, 4.69) is 23.5 Å². The number of aryl methyl sites for hydroxylation is 1. The van der Waals surface area contributed by atoms with Crippen LogP contribution in [0.2, 0.25) is 0 Å². The molecule has 4 aromatic rings. The molecule has 8 heteroatoms. The second-order valence-corrected chi connectivity index (χ2v) is 9.68. The van der Waals surface area contributed by atoms with Gasteiger partial charge in [-0.15, -0.1) is 0 Å². The molecule has 2 N–H and O–H groups in total. The van der Waals surface area contributed by atoms with E-state index >= 15 is 0 Å². The molecule has 0 amide bonds. The van der Waals surface area contributed by atoms with Gasteiger partial charge in [0.2, 0.25) is 0 Å². The number of benzene rings is 3. The van der Waals surface area contributed by atoms with Crippen molar-refractivity contribution in [1.29, 1.82) is 5.26 Å². The molecule has 1 aliphatic carbocycles. The summed E-state index contributed by atoms with van der Waals surface area (Å²) in [6.45, 7) is 3.93. The lowest BCUT2D eigenvalue weighted by molar-refractivity contribution is 0.0698. The van der Waals surface area contributed by atoms with Crippen LogP contribution in [0.4, 0.5) is 11.5 Å². The molecule has 0 fully saturated rings. The number of rotatable bonds is 7. The Hall–Kier alpha value is -4.48. The number of nitrogens with one attached hydrogen (secondary N) is 1. The topological polar surface area (TPSA) is 111 Å². The Morgan fingerprint density at radius 1 is 1.18 bits per heavy atom. The molecule has 1 aromatic heterocycles. The van der Waals surface area contributed by atoms with E-state index in [-0.39, 0.29) is 29.4 Å². The molecule has 3 atom stereocenters. The molecule has 0 radical (unpaired) electrons. The average molecular weight is 508 g/mol. The van der Waals surface area contributed by atoms with Gasteiger partial charge in [-0.05, 0) is 48.7 Å². The summed E-state index contributed by atoms with van der Waals surface area (Å²) in [7, 11) is 3.63. The van der Waals surface area contributed by atoms with Crippen LogP contribution in [0.25, 0.3) is 11.0 Å². The fourth-order valence-electron chi connectivity index (χ4n) is 5.42. The molecule has 1 aliphatic rings. The number of fused-ring (bicyclic) bond motifs is 2. The van der Waals surface area contributed by atoms with Gasteiger partial charge in [-0.1, -0.05) is 42.5 Å². The van der Waals surface area contributed by atoms with E-state index in [9.17, 15) is 15.2 Å². The van der Waals surface area contributed by atoms with E-state index in [1.165, 1.54) is 5.56 Å². The molecule has 38 heavy (non-hydrogen) atoms. The van der Waals surface area contributed by atoms with E-state index < -0.39 is 5.97 Å². The number of methoxy groups -OCH3 is 1. The maximum absolute atomic E-state index is 11.8. The summed E-state index contributed by atoms with van der Waals surface area (Å²) in [5, 5.41) is 23.0. The highest BCUT2D eigenvalue weighted by atomic mass is 16.5. The second kappa shape index (κ2) is 10.1. The first-order valence-electron chi connectivity index (χ1n) is 12.5. The van der Waals surface area contributed by atoms with Gasteiger partial charge in [-0.3, -0.25) is 0 Å². The molecule has 5 rings (SSSR count). The van der Waals surface area contributed by atoms with Crippen molar-refractivity contribution in [2.24, 2.45) is 0 Å². The maximum Gasteiger partial charge on any atom is 0.337 e. The SMILES string of the molecule is COC1Cc2ccccc2C1N(C)c1nc2c([C@@H](C)Nc3ccccc3C(=O)O)cc(C)cc2nc1C#N. The monoisotopic (exact) mass is 507 g/mol. The van der Waals surface area contributed by atoms with Crippen molar-refractivity contribution in [2.45, 2.75) is 38.5 Å². The molecule has 0 saturated heterocycles. The number of nitrogens with zero attached hydrogens (tertiary/aromatic N) is 4. The zero-order valence-corrected chi connectivity index (χ0v) is 21.8. The standard InChI is InChI=1S/C30H29N5O3/c1-17-13-22(18(2)32-23-12-8-7-11-21(23)30(36)37)27-24(14-17)33-25(16-31)29(34-27)35(3)28-20-10-6-5-9-19(20)15-26(28)38-4/h5-14,18,26,28,32H,15H2,1-4H3,(H,36,37)/t18-,26?,28?/m1/s1. The van der Waals surface area contributed by atoms with Gasteiger partial charge >= 0.3 is 5.97 Å². The number of likely N-dealkylation sites (N-methyl/N-ethyl adjacent to an activating group) is 1. The lowest BCUT2D eigenvalue weighted by Gasteiger charge is -2.31. The van der Waals surface area contributed by atoms with E-state index in [0.717, 1.165) is 23.1 Å². The number of ether oxygens (including phenoxy) is 1. The summed E-state index contributed by atoms with van der Waals surface area (Å²) in [4.78, 5) is 23.5. The summed E-state index contributed by atoms with van der Waals surface area (Å²) in [5.74, 6) is -0.520. The zero-order valence-electron chi connectivity index (χ0n) is 21.8. The summed E-state index contributed by atoms with van der Waals surface area (Å²) in [5.41, 5.74) is 6.43. The zero-order chi connectivity index (χ0) is 27.0. The average Bonchev–Trinajstić information content (AvgIpc) is 3.30. The molecule has 8 nitrogen and oxygen atoms in total. The molecule has 0 aliphatic heterocycles. The molecule has 2 unspecified atom stereocenters. The number of hydrogen-bond acceptors (Lipinski definition) is 7. The molecule has 192 valence electrons. The number of carbonyl (C=O) groups is 1. The number of para-hydroxylation sites is 1. The number of carboxylic acid groups (broad SMARTS) is 1. The maximum atomic E-state index is 11.8. The van der Waals surface area contributed by atoms with Crippen molar-refractivity contribution in [1.82, 2.24) is 9.97 Å². The van der Waals surface area contributed by atoms with Gasteiger partial charge in [0.05, 0.1) is 34.8 Å². The molecule has 3 aromatic carbocycles. The van der Waals surface area contributed by atoms with Crippen LogP contribution in [-0.4, -0.2) is 41.3 Å². The Morgan fingerprint density at radius 2 is 1.92 bits per heavy atom. The first-order chi connectivity index (χ1) is 18.3. The third-order valence-corrected chi connectivity index (χ3v) is 7.23. The Kier molecular flexibility index (Phi) is 6.70. The Balaban J connectivity index is 1.61. The highest BCUT2D eigenvalue weighted by Crippen LogP contribution is 2.40. The van der Waals surface area contributed by atoms with Crippen LogP contribution in [0.1, 0.15) is 57.3 Å². The van der Waals surface area contributed by atoms with Gasteiger partial charge in [-0.25, -0.2) is 14.8 Å². The second-order valence-electron chi connectivity index (χ2n) is 9.68. The van der Waals surface area contributed by atoms with E-state index in [1.54, 1.807) is 31.4 Å². The van der Waals surface area contributed by atoms with Crippen LogP contribution in [0.15, 0.2) is 60.7 Å². The quantitative estimate of drug-likeness (QED) is 0.341.